The fourth-order valence-electron chi connectivity index (χ4n) is 1.69. The molecule has 0 saturated heterocycles. The lowest BCUT2D eigenvalue weighted by atomic mass is 10.1. The Morgan fingerprint density at radius 3 is 2.21 bits per heavy atom. The second-order valence-corrected chi connectivity index (χ2v) is 5.82. The van der Waals surface area contributed by atoms with Crippen molar-refractivity contribution in [2.75, 3.05) is 13.2 Å². The molecule has 1 unspecified atom stereocenters. The Morgan fingerprint density at radius 1 is 1.21 bits per heavy atom. The van der Waals surface area contributed by atoms with Crippen LogP contribution in [-0.2, 0) is 0 Å². The lowest BCUT2D eigenvalue weighted by Gasteiger charge is -2.23. The van der Waals surface area contributed by atoms with Crippen molar-refractivity contribution in [3.05, 3.63) is 29.3 Å². The Labute approximate surface area is 122 Å². The summed E-state index contributed by atoms with van der Waals surface area (Å²) in [7, 11) is 0. The summed E-state index contributed by atoms with van der Waals surface area (Å²) in [6.07, 6.45) is -0.497. The Bertz CT molecular complexity index is 368. The summed E-state index contributed by atoms with van der Waals surface area (Å²) in [4.78, 5) is 0. The Kier molecular flexibility index (Phi) is 7.42. The Balaban J connectivity index is 0.00000324. The van der Waals surface area contributed by atoms with Gasteiger partial charge < -0.3 is 15.2 Å². The van der Waals surface area contributed by atoms with Gasteiger partial charge in [-0.2, -0.15) is 0 Å². The fourth-order valence-corrected chi connectivity index (χ4v) is 1.69. The van der Waals surface area contributed by atoms with Gasteiger partial charge in [-0.3, -0.25) is 0 Å². The van der Waals surface area contributed by atoms with Gasteiger partial charge in [0.2, 0.25) is 0 Å². The number of aliphatic hydroxyl groups excluding tert-OH is 1. The van der Waals surface area contributed by atoms with Gasteiger partial charge in [0.15, 0.2) is 0 Å². The molecule has 0 aliphatic heterocycles. The maximum atomic E-state index is 9.87. The number of β-amino-alcohol motifs (C(OH)–C–C–N with tert-alkyl or cyclic N) is 1. The predicted molar refractivity (Wildman–Crippen MR) is 82.4 cm³/mol. The highest BCUT2D eigenvalue weighted by Crippen LogP contribution is 2.22. The summed E-state index contributed by atoms with van der Waals surface area (Å²) < 4.78 is 5.70. The van der Waals surface area contributed by atoms with Crippen molar-refractivity contribution >= 4 is 12.4 Å². The smallest absolute Gasteiger partial charge is 0.125 e. The molecule has 0 bridgehead atoms. The summed E-state index contributed by atoms with van der Waals surface area (Å²) >= 11 is 0. The molecule has 1 rings (SSSR count). The number of rotatable bonds is 5. The van der Waals surface area contributed by atoms with E-state index < -0.39 is 6.10 Å². The lowest BCUT2D eigenvalue weighted by molar-refractivity contribution is 0.0994. The second kappa shape index (κ2) is 7.73. The predicted octanol–water partition coefficient (Wildman–Crippen LogP) is 2.85. The molecule has 4 heteroatoms. The van der Waals surface area contributed by atoms with E-state index >= 15 is 0 Å². The van der Waals surface area contributed by atoms with Crippen molar-refractivity contribution in [2.24, 2.45) is 0 Å². The molecule has 0 saturated carbocycles. The van der Waals surface area contributed by atoms with Crippen LogP contribution in [-0.4, -0.2) is 29.9 Å². The largest absolute Gasteiger partial charge is 0.490 e. The number of halogens is 1. The quantitative estimate of drug-likeness (QED) is 0.875. The molecule has 0 amide bonds. The SMILES string of the molecule is Cc1cccc(C)c1OCC(O)CNC(C)(C)C.Cl. The number of benzene rings is 1. The molecule has 0 fully saturated rings. The third-order valence-corrected chi connectivity index (χ3v) is 2.70. The molecule has 2 N–H and O–H groups in total. The van der Waals surface area contributed by atoms with Crippen LogP contribution < -0.4 is 10.1 Å². The van der Waals surface area contributed by atoms with Crippen LogP contribution in [0.4, 0.5) is 0 Å². The molecule has 110 valence electrons. The third kappa shape index (κ3) is 6.81. The van der Waals surface area contributed by atoms with E-state index in [1.54, 1.807) is 0 Å². The van der Waals surface area contributed by atoms with Crippen molar-refractivity contribution in [1.82, 2.24) is 5.32 Å². The van der Waals surface area contributed by atoms with E-state index in [-0.39, 0.29) is 17.9 Å². The van der Waals surface area contributed by atoms with Crippen molar-refractivity contribution in [3.63, 3.8) is 0 Å². The number of nitrogens with one attached hydrogen (secondary N) is 1. The molecular formula is C15H26ClNO2. The molecule has 1 atom stereocenters. The standard InChI is InChI=1S/C15H25NO2.ClH/c1-11-7-6-8-12(2)14(11)18-10-13(17)9-16-15(3,4)5;/h6-8,13,16-17H,9-10H2,1-5H3;1H. The molecule has 0 aliphatic rings. The van der Waals surface area contributed by atoms with E-state index in [9.17, 15) is 5.11 Å². The topological polar surface area (TPSA) is 41.5 Å². The number of ether oxygens (including phenoxy) is 1. The van der Waals surface area contributed by atoms with E-state index in [0.29, 0.717) is 13.2 Å². The number of aryl methyl sites for hydroxylation is 2. The first-order valence-corrected chi connectivity index (χ1v) is 6.42. The first-order chi connectivity index (χ1) is 8.29. The third-order valence-electron chi connectivity index (χ3n) is 2.70. The van der Waals surface area contributed by atoms with Gasteiger partial charge in [0.1, 0.15) is 18.5 Å². The van der Waals surface area contributed by atoms with Gasteiger partial charge in [0.05, 0.1) is 0 Å². The van der Waals surface area contributed by atoms with Gasteiger partial charge in [0, 0.05) is 12.1 Å². The summed E-state index contributed by atoms with van der Waals surface area (Å²) in [5.74, 6) is 0.882. The first kappa shape index (κ1) is 18.2. The van der Waals surface area contributed by atoms with Gasteiger partial charge in [-0.05, 0) is 45.7 Å². The van der Waals surface area contributed by atoms with Crippen LogP contribution in [0.2, 0.25) is 0 Å². The zero-order valence-corrected chi connectivity index (χ0v) is 13.3. The van der Waals surface area contributed by atoms with Crippen LogP contribution in [0.25, 0.3) is 0 Å². The van der Waals surface area contributed by atoms with Crippen LogP contribution >= 0.6 is 12.4 Å². The van der Waals surface area contributed by atoms with Gasteiger partial charge in [-0.1, -0.05) is 18.2 Å². The summed E-state index contributed by atoms with van der Waals surface area (Å²) in [6.45, 7) is 11.1. The van der Waals surface area contributed by atoms with Crippen molar-refractivity contribution in [1.29, 1.82) is 0 Å². The first-order valence-electron chi connectivity index (χ1n) is 6.42. The normalized spacial score (nSPS) is 12.7. The molecule has 0 spiro atoms. The van der Waals surface area contributed by atoms with Gasteiger partial charge in [-0.25, -0.2) is 0 Å². The maximum Gasteiger partial charge on any atom is 0.125 e. The summed E-state index contributed by atoms with van der Waals surface area (Å²) in [6, 6.07) is 6.04. The minimum atomic E-state index is -0.497. The molecule has 1 aromatic carbocycles. The van der Waals surface area contributed by atoms with Crippen molar-refractivity contribution in [3.8, 4) is 5.75 Å². The van der Waals surface area contributed by atoms with E-state index in [1.165, 1.54) is 0 Å². The highest BCUT2D eigenvalue weighted by atomic mass is 35.5. The maximum absolute atomic E-state index is 9.87. The Hall–Kier alpha value is -0.770. The van der Waals surface area contributed by atoms with Crippen LogP contribution in [0.15, 0.2) is 18.2 Å². The van der Waals surface area contributed by atoms with Crippen molar-refractivity contribution < 1.29 is 9.84 Å². The van der Waals surface area contributed by atoms with E-state index in [1.807, 2.05) is 32.0 Å². The minimum Gasteiger partial charge on any atom is -0.490 e. The molecule has 0 aromatic heterocycles. The molecule has 1 aromatic rings. The van der Waals surface area contributed by atoms with E-state index in [4.69, 9.17) is 4.74 Å². The van der Waals surface area contributed by atoms with Crippen LogP contribution in [0.5, 0.6) is 5.75 Å². The lowest BCUT2D eigenvalue weighted by Crippen LogP contribution is -2.42. The van der Waals surface area contributed by atoms with Crippen LogP contribution in [0.1, 0.15) is 31.9 Å². The highest BCUT2D eigenvalue weighted by Gasteiger charge is 2.13. The number of para-hydroxylation sites is 1. The Morgan fingerprint density at radius 2 is 1.74 bits per heavy atom. The molecule has 0 radical (unpaired) electrons. The molecule has 0 aliphatic carbocycles. The van der Waals surface area contributed by atoms with E-state index in [2.05, 4.69) is 26.1 Å². The van der Waals surface area contributed by atoms with Crippen LogP contribution in [0, 0.1) is 13.8 Å². The van der Waals surface area contributed by atoms with E-state index in [0.717, 1.165) is 16.9 Å². The highest BCUT2D eigenvalue weighted by molar-refractivity contribution is 5.85. The molecule has 19 heavy (non-hydrogen) atoms. The number of aliphatic hydroxyl groups is 1. The number of hydrogen-bond donors (Lipinski definition) is 2. The molecule has 3 nitrogen and oxygen atoms in total. The molecule has 0 heterocycles. The van der Waals surface area contributed by atoms with Crippen molar-refractivity contribution in [2.45, 2.75) is 46.3 Å². The minimum absolute atomic E-state index is 0. The zero-order chi connectivity index (χ0) is 13.8. The summed E-state index contributed by atoms with van der Waals surface area (Å²) in [5, 5.41) is 13.1. The fraction of sp³-hybridized carbons (Fsp3) is 0.600. The average molecular weight is 288 g/mol. The monoisotopic (exact) mass is 287 g/mol. The van der Waals surface area contributed by atoms with Gasteiger partial charge >= 0.3 is 0 Å². The van der Waals surface area contributed by atoms with Crippen LogP contribution in [0.3, 0.4) is 0 Å². The second-order valence-electron chi connectivity index (χ2n) is 5.82. The molecular weight excluding hydrogens is 262 g/mol. The number of hydrogen-bond acceptors (Lipinski definition) is 3. The summed E-state index contributed by atoms with van der Waals surface area (Å²) in [5.41, 5.74) is 2.22. The van der Waals surface area contributed by atoms with Gasteiger partial charge in [-0.15, -0.1) is 12.4 Å². The van der Waals surface area contributed by atoms with Gasteiger partial charge in [0.25, 0.3) is 0 Å². The zero-order valence-electron chi connectivity index (χ0n) is 12.5. The average Bonchev–Trinajstić information content (AvgIpc) is 2.25.